The Morgan fingerprint density at radius 2 is 1.53 bits per heavy atom. The average molecular weight is 266 g/mol. The summed E-state index contributed by atoms with van der Waals surface area (Å²) in [5.41, 5.74) is 7.17. The van der Waals surface area contributed by atoms with Crippen molar-refractivity contribution < 1.29 is 4.74 Å². The molecule has 0 atom stereocenters. The molecule has 2 saturated heterocycles. The van der Waals surface area contributed by atoms with Crippen LogP contribution < -0.4 is 5.73 Å². The second-order valence-corrected chi connectivity index (χ2v) is 7.30. The summed E-state index contributed by atoms with van der Waals surface area (Å²) >= 11 is 0. The van der Waals surface area contributed by atoms with Gasteiger partial charge in [-0.3, -0.25) is 0 Å². The maximum Gasteiger partial charge on any atom is 0.0472 e. The van der Waals surface area contributed by atoms with Crippen LogP contribution in [0, 0.1) is 10.8 Å². The Labute approximate surface area is 117 Å². The number of piperidine rings is 1. The first-order chi connectivity index (χ1) is 9.26. The maximum atomic E-state index is 6.09. The molecule has 2 aliphatic heterocycles. The van der Waals surface area contributed by atoms with Gasteiger partial charge in [0.15, 0.2) is 0 Å². The summed E-state index contributed by atoms with van der Waals surface area (Å²) < 4.78 is 5.52. The molecule has 1 spiro atoms. The van der Waals surface area contributed by atoms with Gasteiger partial charge in [0.1, 0.15) is 0 Å². The van der Waals surface area contributed by atoms with E-state index in [0.29, 0.717) is 5.41 Å². The van der Waals surface area contributed by atoms with Crippen molar-refractivity contribution in [2.75, 3.05) is 39.4 Å². The standard InChI is InChI=1S/C16H30N2O/c17-13-16(7-11-19-12-8-16)14-18-9-5-15(6-10-18)3-1-2-4-15/h1-14,17H2. The third kappa shape index (κ3) is 2.98. The van der Waals surface area contributed by atoms with E-state index >= 15 is 0 Å². The summed E-state index contributed by atoms with van der Waals surface area (Å²) in [4.78, 5) is 2.70. The first kappa shape index (κ1) is 13.8. The first-order valence-corrected chi connectivity index (χ1v) is 8.26. The summed E-state index contributed by atoms with van der Waals surface area (Å²) in [6, 6.07) is 0. The zero-order chi connectivity index (χ0) is 13.2. The predicted octanol–water partition coefficient (Wildman–Crippen LogP) is 2.40. The normalized spacial score (nSPS) is 30.8. The van der Waals surface area contributed by atoms with Crippen LogP contribution in [-0.4, -0.2) is 44.3 Å². The molecule has 0 aromatic rings. The van der Waals surface area contributed by atoms with E-state index in [1.165, 1.54) is 58.2 Å². The molecule has 0 radical (unpaired) electrons. The van der Waals surface area contributed by atoms with Gasteiger partial charge < -0.3 is 15.4 Å². The van der Waals surface area contributed by atoms with Gasteiger partial charge in [0, 0.05) is 19.8 Å². The summed E-state index contributed by atoms with van der Waals surface area (Å²) in [6.45, 7) is 6.48. The molecule has 19 heavy (non-hydrogen) atoms. The van der Waals surface area contributed by atoms with Gasteiger partial charge in [-0.15, -0.1) is 0 Å². The molecule has 1 saturated carbocycles. The molecule has 1 aliphatic carbocycles. The average Bonchev–Trinajstić information content (AvgIpc) is 2.91. The van der Waals surface area contributed by atoms with Crippen molar-refractivity contribution in [3.05, 3.63) is 0 Å². The van der Waals surface area contributed by atoms with Crippen molar-refractivity contribution in [2.45, 2.75) is 51.4 Å². The van der Waals surface area contributed by atoms with Crippen LogP contribution in [-0.2, 0) is 4.74 Å². The Morgan fingerprint density at radius 3 is 2.11 bits per heavy atom. The van der Waals surface area contributed by atoms with Gasteiger partial charge in [0.2, 0.25) is 0 Å². The minimum absolute atomic E-state index is 0.346. The van der Waals surface area contributed by atoms with Crippen molar-refractivity contribution in [2.24, 2.45) is 16.6 Å². The van der Waals surface area contributed by atoms with E-state index in [1.807, 2.05) is 0 Å². The summed E-state index contributed by atoms with van der Waals surface area (Å²) in [6.07, 6.45) is 11.1. The predicted molar refractivity (Wildman–Crippen MR) is 78.1 cm³/mol. The molecular formula is C16H30N2O. The van der Waals surface area contributed by atoms with Crippen LogP contribution in [0.1, 0.15) is 51.4 Å². The lowest BCUT2D eigenvalue weighted by Gasteiger charge is -2.45. The summed E-state index contributed by atoms with van der Waals surface area (Å²) in [7, 11) is 0. The molecule has 2 heterocycles. The van der Waals surface area contributed by atoms with E-state index in [9.17, 15) is 0 Å². The number of ether oxygens (including phenoxy) is 1. The van der Waals surface area contributed by atoms with Crippen molar-refractivity contribution in [1.82, 2.24) is 4.90 Å². The van der Waals surface area contributed by atoms with Crippen LogP contribution in [0.5, 0.6) is 0 Å². The van der Waals surface area contributed by atoms with E-state index in [-0.39, 0.29) is 0 Å². The summed E-state index contributed by atoms with van der Waals surface area (Å²) in [5.74, 6) is 0. The molecule has 3 nitrogen and oxygen atoms in total. The quantitative estimate of drug-likeness (QED) is 0.852. The minimum atomic E-state index is 0.346. The molecular weight excluding hydrogens is 236 g/mol. The van der Waals surface area contributed by atoms with Gasteiger partial charge >= 0.3 is 0 Å². The highest BCUT2D eigenvalue weighted by atomic mass is 16.5. The zero-order valence-corrected chi connectivity index (χ0v) is 12.3. The van der Waals surface area contributed by atoms with Crippen molar-refractivity contribution in [3.63, 3.8) is 0 Å². The van der Waals surface area contributed by atoms with Gasteiger partial charge in [0.05, 0.1) is 0 Å². The van der Waals surface area contributed by atoms with E-state index in [4.69, 9.17) is 10.5 Å². The van der Waals surface area contributed by atoms with Gasteiger partial charge in [0.25, 0.3) is 0 Å². The molecule has 0 aromatic heterocycles. The van der Waals surface area contributed by atoms with Gasteiger partial charge in [-0.2, -0.15) is 0 Å². The minimum Gasteiger partial charge on any atom is -0.381 e. The second-order valence-electron chi connectivity index (χ2n) is 7.30. The highest BCUT2D eigenvalue weighted by Crippen LogP contribution is 2.46. The molecule has 3 heteroatoms. The molecule has 0 bridgehead atoms. The fourth-order valence-electron chi connectivity index (χ4n) is 4.52. The smallest absolute Gasteiger partial charge is 0.0472 e. The maximum absolute atomic E-state index is 6.09. The van der Waals surface area contributed by atoms with Crippen molar-refractivity contribution in [3.8, 4) is 0 Å². The van der Waals surface area contributed by atoms with Crippen LogP contribution in [0.25, 0.3) is 0 Å². The van der Waals surface area contributed by atoms with Crippen LogP contribution >= 0.6 is 0 Å². The number of nitrogens with two attached hydrogens (primary N) is 1. The van der Waals surface area contributed by atoms with Gasteiger partial charge in [-0.05, 0) is 69.0 Å². The lowest BCUT2D eigenvalue weighted by Crippen LogP contribution is -2.49. The van der Waals surface area contributed by atoms with E-state index in [1.54, 1.807) is 0 Å². The molecule has 3 aliphatic rings. The molecule has 3 fully saturated rings. The van der Waals surface area contributed by atoms with Crippen LogP contribution in [0.15, 0.2) is 0 Å². The Hall–Kier alpha value is -0.120. The monoisotopic (exact) mass is 266 g/mol. The Bertz CT molecular complexity index is 283. The SMILES string of the molecule is NCC1(CN2CCC3(CCCC3)CC2)CCOCC1. The van der Waals surface area contributed by atoms with Crippen molar-refractivity contribution in [1.29, 1.82) is 0 Å². The zero-order valence-electron chi connectivity index (χ0n) is 12.3. The second kappa shape index (κ2) is 5.71. The van der Waals surface area contributed by atoms with Crippen molar-refractivity contribution >= 4 is 0 Å². The van der Waals surface area contributed by atoms with Crippen LogP contribution in [0.3, 0.4) is 0 Å². The first-order valence-electron chi connectivity index (χ1n) is 8.26. The van der Waals surface area contributed by atoms with E-state index < -0.39 is 0 Å². The number of likely N-dealkylation sites (tertiary alicyclic amines) is 1. The largest absolute Gasteiger partial charge is 0.381 e. The lowest BCUT2D eigenvalue weighted by molar-refractivity contribution is -0.0116. The highest BCUT2D eigenvalue weighted by Gasteiger charge is 2.39. The number of hydrogen-bond donors (Lipinski definition) is 1. The number of nitrogens with zero attached hydrogens (tertiary/aromatic N) is 1. The highest BCUT2D eigenvalue weighted by molar-refractivity contribution is 4.92. The molecule has 0 amide bonds. The topological polar surface area (TPSA) is 38.5 Å². The Morgan fingerprint density at radius 1 is 0.895 bits per heavy atom. The third-order valence-corrected chi connectivity index (χ3v) is 6.13. The Kier molecular flexibility index (Phi) is 4.16. The van der Waals surface area contributed by atoms with E-state index in [2.05, 4.69) is 4.90 Å². The van der Waals surface area contributed by atoms with E-state index in [0.717, 1.165) is 38.0 Å². The number of hydrogen-bond acceptors (Lipinski definition) is 3. The molecule has 2 N–H and O–H groups in total. The third-order valence-electron chi connectivity index (χ3n) is 6.13. The molecule has 0 aromatic carbocycles. The van der Waals surface area contributed by atoms with Gasteiger partial charge in [-0.1, -0.05) is 12.8 Å². The van der Waals surface area contributed by atoms with Gasteiger partial charge in [-0.25, -0.2) is 0 Å². The lowest BCUT2D eigenvalue weighted by atomic mass is 9.75. The molecule has 0 unspecified atom stereocenters. The van der Waals surface area contributed by atoms with Crippen LogP contribution in [0.2, 0.25) is 0 Å². The number of rotatable bonds is 3. The molecule has 3 rings (SSSR count). The fourth-order valence-corrected chi connectivity index (χ4v) is 4.52. The fraction of sp³-hybridized carbons (Fsp3) is 1.00. The Balaban J connectivity index is 1.53. The summed E-state index contributed by atoms with van der Waals surface area (Å²) in [5, 5.41) is 0. The molecule has 110 valence electrons. The van der Waals surface area contributed by atoms with Crippen LogP contribution in [0.4, 0.5) is 0 Å².